The van der Waals surface area contributed by atoms with Crippen LogP contribution in [0.3, 0.4) is 0 Å². The van der Waals surface area contributed by atoms with Gasteiger partial charge in [0.2, 0.25) is 0 Å². The highest BCUT2D eigenvalue weighted by Gasteiger charge is 2.09. The Morgan fingerprint density at radius 2 is 2.05 bits per heavy atom. The number of nitrogens with one attached hydrogen (secondary N) is 1. The molecule has 1 aromatic carbocycles. The third-order valence-electron chi connectivity index (χ3n) is 3.13. The van der Waals surface area contributed by atoms with Crippen molar-refractivity contribution >= 4 is 34.2 Å². The van der Waals surface area contributed by atoms with Gasteiger partial charge in [0, 0.05) is 22.3 Å². The molecule has 0 radical (unpaired) electrons. The highest BCUT2D eigenvalue weighted by Crippen LogP contribution is 2.20. The summed E-state index contributed by atoms with van der Waals surface area (Å²) in [5.74, 6) is -0.289. The van der Waals surface area contributed by atoms with Crippen LogP contribution in [0.5, 0.6) is 0 Å². The first-order valence-electron chi connectivity index (χ1n) is 6.43. The third-order valence-corrected chi connectivity index (χ3v) is 3.53. The van der Waals surface area contributed by atoms with Crippen LogP contribution >= 0.6 is 11.6 Å². The Labute approximate surface area is 126 Å². The largest absolute Gasteiger partial charge is 0.321 e. The van der Waals surface area contributed by atoms with Crippen LogP contribution in [0.2, 0.25) is 5.02 Å². The van der Waals surface area contributed by atoms with Gasteiger partial charge in [-0.05, 0) is 48.9 Å². The van der Waals surface area contributed by atoms with Crippen LogP contribution in [0.1, 0.15) is 16.1 Å². The Bertz CT molecular complexity index is 833. The fourth-order valence-electron chi connectivity index (χ4n) is 1.95. The van der Waals surface area contributed by atoms with Crippen molar-refractivity contribution in [1.29, 1.82) is 0 Å². The molecule has 0 spiro atoms. The van der Waals surface area contributed by atoms with Crippen molar-refractivity contribution < 1.29 is 4.79 Å². The van der Waals surface area contributed by atoms with Crippen LogP contribution in [0, 0.1) is 6.92 Å². The van der Waals surface area contributed by atoms with E-state index >= 15 is 0 Å². The van der Waals surface area contributed by atoms with E-state index in [4.69, 9.17) is 11.6 Å². The molecule has 4 nitrogen and oxygen atoms in total. The number of nitrogens with zero attached hydrogens (tertiary/aromatic N) is 2. The van der Waals surface area contributed by atoms with E-state index in [1.54, 1.807) is 24.4 Å². The molecule has 3 aromatic rings. The Balaban J connectivity index is 1.87. The van der Waals surface area contributed by atoms with Crippen LogP contribution in [0.25, 0.3) is 11.0 Å². The van der Waals surface area contributed by atoms with Crippen LogP contribution in [-0.2, 0) is 0 Å². The quantitative estimate of drug-likeness (QED) is 0.782. The van der Waals surface area contributed by atoms with Gasteiger partial charge in [-0.25, -0.2) is 9.97 Å². The van der Waals surface area contributed by atoms with Crippen LogP contribution < -0.4 is 5.32 Å². The van der Waals surface area contributed by atoms with Gasteiger partial charge in [0.25, 0.3) is 5.91 Å². The van der Waals surface area contributed by atoms with E-state index in [1.165, 1.54) is 0 Å². The maximum atomic E-state index is 12.2. The number of benzene rings is 1. The van der Waals surface area contributed by atoms with E-state index in [-0.39, 0.29) is 5.91 Å². The van der Waals surface area contributed by atoms with Gasteiger partial charge in [-0.2, -0.15) is 0 Å². The van der Waals surface area contributed by atoms with Crippen molar-refractivity contribution in [2.75, 3.05) is 5.32 Å². The molecule has 0 fully saturated rings. The minimum absolute atomic E-state index is 0.289. The second-order valence-electron chi connectivity index (χ2n) is 4.66. The molecule has 0 atom stereocenters. The van der Waals surface area contributed by atoms with E-state index in [9.17, 15) is 4.79 Å². The molecule has 1 amide bonds. The third kappa shape index (κ3) is 2.85. The number of aryl methyl sites for hydroxylation is 1. The van der Waals surface area contributed by atoms with Gasteiger partial charge in [0.05, 0.1) is 0 Å². The predicted molar refractivity (Wildman–Crippen MR) is 83.7 cm³/mol. The maximum absolute atomic E-state index is 12.2. The number of rotatable bonds is 2. The standard InChI is InChI=1S/C16H12ClN3O/c1-10-4-6-12(9-13(10)17)19-16(21)14-7-5-11-3-2-8-18-15(11)20-14/h2-9H,1H3,(H,19,21). The highest BCUT2D eigenvalue weighted by atomic mass is 35.5. The molecular weight excluding hydrogens is 286 g/mol. The summed E-state index contributed by atoms with van der Waals surface area (Å²) in [6.45, 7) is 1.91. The molecule has 2 aromatic heterocycles. The molecule has 3 rings (SSSR count). The number of aromatic nitrogens is 2. The number of hydrogen-bond acceptors (Lipinski definition) is 3. The van der Waals surface area contributed by atoms with E-state index in [1.807, 2.05) is 31.2 Å². The average Bonchev–Trinajstić information content (AvgIpc) is 2.50. The van der Waals surface area contributed by atoms with Crippen molar-refractivity contribution in [2.45, 2.75) is 6.92 Å². The number of amides is 1. The van der Waals surface area contributed by atoms with Crippen molar-refractivity contribution in [3.63, 3.8) is 0 Å². The first-order chi connectivity index (χ1) is 10.1. The average molecular weight is 298 g/mol. The van der Waals surface area contributed by atoms with Gasteiger partial charge in [-0.3, -0.25) is 4.79 Å². The lowest BCUT2D eigenvalue weighted by Crippen LogP contribution is -2.13. The summed E-state index contributed by atoms with van der Waals surface area (Å²) in [5, 5.41) is 4.29. The molecule has 0 aliphatic heterocycles. The Hall–Kier alpha value is -2.46. The summed E-state index contributed by atoms with van der Waals surface area (Å²) >= 11 is 6.04. The summed E-state index contributed by atoms with van der Waals surface area (Å²) < 4.78 is 0. The van der Waals surface area contributed by atoms with E-state index < -0.39 is 0 Å². The molecule has 1 N–H and O–H groups in total. The zero-order valence-corrected chi connectivity index (χ0v) is 12.1. The highest BCUT2D eigenvalue weighted by molar-refractivity contribution is 6.31. The molecule has 0 aliphatic rings. The monoisotopic (exact) mass is 297 g/mol. The number of fused-ring (bicyclic) bond motifs is 1. The van der Waals surface area contributed by atoms with E-state index in [0.29, 0.717) is 22.1 Å². The number of pyridine rings is 2. The summed E-state index contributed by atoms with van der Waals surface area (Å²) in [6.07, 6.45) is 1.65. The number of carbonyl (C=O) groups is 1. The van der Waals surface area contributed by atoms with Gasteiger partial charge in [-0.1, -0.05) is 17.7 Å². The maximum Gasteiger partial charge on any atom is 0.274 e. The Morgan fingerprint density at radius 3 is 2.86 bits per heavy atom. The van der Waals surface area contributed by atoms with Crippen LogP contribution in [-0.4, -0.2) is 15.9 Å². The lowest BCUT2D eigenvalue weighted by atomic mass is 10.2. The normalized spacial score (nSPS) is 10.6. The fourth-order valence-corrected chi connectivity index (χ4v) is 2.13. The van der Waals surface area contributed by atoms with Gasteiger partial charge in [0.1, 0.15) is 5.69 Å². The zero-order chi connectivity index (χ0) is 14.8. The summed E-state index contributed by atoms with van der Waals surface area (Å²) in [6, 6.07) is 12.6. The summed E-state index contributed by atoms with van der Waals surface area (Å²) in [4.78, 5) is 20.6. The Morgan fingerprint density at radius 1 is 1.19 bits per heavy atom. The molecular formula is C16H12ClN3O. The topological polar surface area (TPSA) is 54.9 Å². The molecule has 0 unspecified atom stereocenters. The van der Waals surface area contributed by atoms with E-state index in [2.05, 4.69) is 15.3 Å². The molecule has 0 bridgehead atoms. The van der Waals surface area contributed by atoms with Gasteiger partial charge in [0.15, 0.2) is 5.65 Å². The number of carbonyl (C=O) groups excluding carboxylic acids is 1. The minimum atomic E-state index is -0.289. The molecule has 5 heteroatoms. The van der Waals surface area contributed by atoms with Crippen LogP contribution in [0.4, 0.5) is 5.69 Å². The van der Waals surface area contributed by atoms with Crippen molar-refractivity contribution in [1.82, 2.24) is 9.97 Å². The molecule has 0 aliphatic carbocycles. The minimum Gasteiger partial charge on any atom is -0.321 e. The SMILES string of the molecule is Cc1ccc(NC(=O)c2ccc3cccnc3n2)cc1Cl. The molecule has 21 heavy (non-hydrogen) atoms. The second-order valence-corrected chi connectivity index (χ2v) is 5.07. The second kappa shape index (κ2) is 5.50. The lowest BCUT2D eigenvalue weighted by Gasteiger charge is -2.07. The summed E-state index contributed by atoms with van der Waals surface area (Å²) in [7, 11) is 0. The van der Waals surface area contributed by atoms with Gasteiger partial charge < -0.3 is 5.32 Å². The number of halogens is 1. The predicted octanol–water partition coefficient (Wildman–Crippen LogP) is 3.84. The number of anilines is 1. The van der Waals surface area contributed by atoms with E-state index in [0.717, 1.165) is 10.9 Å². The molecule has 2 heterocycles. The van der Waals surface area contributed by atoms with Crippen LogP contribution in [0.15, 0.2) is 48.7 Å². The first kappa shape index (κ1) is 13.5. The summed E-state index contributed by atoms with van der Waals surface area (Å²) in [5.41, 5.74) is 2.46. The molecule has 104 valence electrons. The number of hydrogen-bond donors (Lipinski definition) is 1. The zero-order valence-electron chi connectivity index (χ0n) is 11.3. The Kier molecular flexibility index (Phi) is 3.54. The fraction of sp³-hybridized carbons (Fsp3) is 0.0625. The van der Waals surface area contributed by atoms with Gasteiger partial charge in [-0.15, -0.1) is 0 Å². The molecule has 0 saturated heterocycles. The molecule has 0 saturated carbocycles. The van der Waals surface area contributed by atoms with Crippen molar-refractivity contribution in [3.8, 4) is 0 Å². The van der Waals surface area contributed by atoms with Gasteiger partial charge >= 0.3 is 0 Å². The van der Waals surface area contributed by atoms with Crippen molar-refractivity contribution in [3.05, 3.63) is 64.9 Å². The van der Waals surface area contributed by atoms with Crippen molar-refractivity contribution in [2.24, 2.45) is 0 Å². The smallest absolute Gasteiger partial charge is 0.274 e. The lowest BCUT2D eigenvalue weighted by molar-refractivity contribution is 0.102. The first-order valence-corrected chi connectivity index (χ1v) is 6.80.